The van der Waals surface area contributed by atoms with Crippen molar-refractivity contribution in [2.75, 3.05) is 5.73 Å². The van der Waals surface area contributed by atoms with Crippen molar-refractivity contribution in [1.82, 2.24) is 14.5 Å². The second-order valence-electron chi connectivity index (χ2n) is 5.56. The van der Waals surface area contributed by atoms with Gasteiger partial charge in [0.15, 0.2) is 5.82 Å². The van der Waals surface area contributed by atoms with Crippen molar-refractivity contribution in [3.63, 3.8) is 0 Å². The molecule has 3 N–H and O–H groups in total. The van der Waals surface area contributed by atoms with E-state index in [0.717, 1.165) is 12.8 Å². The van der Waals surface area contributed by atoms with E-state index in [1.807, 2.05) is 0 Å². The van der Waals surface area contributed by atoms with Gasteiger partial charge in [0.1, 0.15) is 4.90 Å². The summed E-state index contributed by atoms with van der Waals surface area (Å²) in [4.78, 5) is 0.113. The lowest BCUT2D eigenvalue weighted by atomic mass is 9.98. The molecule has 1 fully saturated rings. The average molecular weight is 286 g/mol. The molecular weight excluding hydrogens is 264 g/mol. The van der Waals surface area contributed by atoms with E-state index < -0.39 is 10.0 Å². The molecule has 7 heteroatoms. The van der Waals surface area contributed by atoms with Crippen LogP contribution in [-0.4, -0.2) is 24.2 Å². The molecule has 19 heavy (non-hydrogen) atoms. The van der Waals surface area contributed by atoms with Gasteiger partial charge in [0.2, 0.25) is 10.0 Å². The number of nitrogen functional groups attached to an aromatic ring is 1. The first kappa shape index (κ1) is 14.3. The number of aryl methyl sites for hydroxylation is 1. The summed E-state index contributed by atoms with van der Waals surface area (Å²) in [5.74, 6) is 0.944. The summed E-state index contributed by atoms with van der Waals surface area (Å²) in [5.41, 5.74) is 6.27. The van der Waals surface area contributed by atoms with E-state index in [4.69, 9.17) is 5.73 Å². The molecule has 3 atom stereocenters. The zero-order chi connectivity index (χ0) is 14.4. The smallest absolute Gasteiger partial charge is 0.246 e. The van der Waals surface area contributed by atoms with E-state index in [2.05, 4.69) is 23.7 Å². The first-order valence-corrected chi connectivity index (χ1v) is 8.03. The molecule has 0 saturated heterocycles. The number of anilines is 1. The van der Waals surface area contributed by atoms with Crippen LogP contribution in [0.3, 0.4) is 0 Å². The Morgan fingerprint density at radius 1 is 1.37 bits per heavy atom. The number of aromatic nitrogens is 2. The highest BCUT2D eigenvalue weighted by Crippen LogP contribution is 2.32. The molecule has 1 aromatic heterocycles. The maximum atomic E-state index is 12.5. The maximum Gasteiger partial charge on any atom is 0.246 e. The Labute approximate surface area is 114 Å². The van der Waals surface area contributed by atoms with Crippen molar-refractivity contribution in [3.05, 3.63) is 5.69 Å². The Morgan fingerprint density at radius 3 is 2.42 bits per heavy atom. The van der Waals surface area contributed by atoms with Gasteiger partial charge in [-0.3, -0.25) is 4.68 Å². The lowest BCUT2D eigenvalue weighted by molar-refractivity contribution is 0.402. The number of sulfonamides is 1. The van der Waals surface area contributed by atoms with Crippen LogP contribution >= 0.6 is 0 Å². The van der Waals surface area contributed by atoms with E-state index in [1.54, 1.807) is 14.0 Å². The van der Waals surface area contributed by atoms with Gasteiger partial charge < -0.3 is 5.73 Å². The second-order valence-corrected chi connectivity index (χ2v) is 7.22. The number of rotatable bonds is 3. The molecule has 1 aliphatic carbocycles. The number of nitrogens with zero attached hydrogens (tertiary/aromatic N) is 2. The Kier molecular flexibility index (Phi) is 3.61. The van der Waals surface area contributed by atoms with Gasteiger partial charge in [0.05, 0.1) is 5.69 Å². The van der Waals surface area contributed by atoms with E-state index in [-0.39, 0.29) is 16.8 Å². The molecule has 2 rings (SSSR count). The summed E-state index contributed by atoms with van der Waals surface area (Å²) >= 11 is 0. The lowest BCUT2D eigenvalue weighted by Gasteiger charge is -2.19. The van der Waals surface area contributed by atoms with Gasteiger partial charge in [-0.2, -0.15) is 5.10 Å². The fraction of sp³-hybridized carbons (Fsp3) is 0.750. The third-order valence-electron chi connectivity index (χ3n) is 4.34. The number of hydrogen-bond acceptors (Lipinski definition) is 4. The highest BCUT2D eigenvalue weighted by Gasteiger charge is 2.35. The van der Waals surface area contributed by atoms with Gasteiger partial charge in [-0.25, -0.2) is 13.1 Å². The van der Waals surface area contributed by atoms with Gasteiger partial charge in [-0.1, -0.05) is 13.8 Å². The number of nitrogens with two attached hydrogens (primary N) is 1. The van der Waals surface area contributed by atoms with Gasteiger partial charge in [-0.15, -0.1) is 0 Å². The van der Waals surface area contributed by atoms with Crippen LogP contribution in [-0.2, 0) is 17.1 Å². The largest absolute Gasteiger partial charge is 0.381 e. The number of nitrogens with one attached hydrogen (secondary N) is 1. The molecule has 0 bridgehead atoms. The predicted octanol–water partition coefficient (Wildman–Crippen LogP) is 1.02. The molecule has 0 radical (unpaired) electrons. The monoisotopic (exact) mass is 286 g/mol. The summed E-state index contributed by atoms with van der Waals surface area (Å²) in [6.07, 6.45) is 1.93. The summed E-state index contributed by atoms with van der Waals surface area (Å²) in [6, 6.07) is -0.0148. The van der Waals surface area contributed by atoms with Gasteiger partial charge >= 0.3 is 0 Å². The van der Waals surface area contributed by atoms with Gasteiger partial charge in [-0.05, 0) is 31.6 Å². The molecule has 1 saturated carbocycles. The molecule has 0 aromatic carbocycles. The van der Waals surface area contributed by atoms with Crippen molar-refractivity contribution in [2.24, 2.45) is 18.9 Å². The summed E-state index contributed by atoms with van der Waals surface area (Å²) in [5, 5.41) is 3.96. The van der Waals surface area contributed by atoms with Crippen molar-refractivity contribution >= 4 is 15.8 Å². The Morgan fingerprint density at radius 2 is 2.00 bits per heavy atom. The molecule has 1 aromatic rings. The van der Waals surface area contributed by atoms with Crippen molar-refractivity contribution in [1.29, 1.82) is 0 Å². The van der Waals surface area contributed by atoms with Crippen LogP contribution < -0.4 is 10.5 Å². The highest BCUT2D eigenvalue weighted by molar-refractivity contribution is 7.89. The molecule has 0 amide bonds. The molecule has 1 aliphatic rings. The normalized spacial score (nSPS) is 27.9. The first-order valence-electron chi connectivity index (χ1n) is 6.55. The molecule has 0 spiro atoms. The summed E-state index contributed by atoms with van der Waals surface area (Å²) < 4.78 is 29.2. The molecule has 108 valence electrons. The molecule has 6 nitrogen and oxygen atoms in total. The van der Waals surface area contributed by atoms with E-state index in [9.17, 15) is 8.42 Å². The average Bonchev–Trinajstić information content (AvgIpc) is 2.73. The molecular formula is C12H22N4O2S. The zero-order valence-corrected chi connectivity index (χ0v) is 12.7. The Balaban J connectivity index is 2.29. The maximum absolute atomic E-state index is 12.5. The van der Waals surface area contributed by atoms with E-state index in [1.165, 1.54) is 4.68 Å². The third-order valence-corrected chi connectivity index (χ3v) is 6.00. The van der Waals surface area contributed by atoms with E-state index >= 15 is 0 Å². The van der Waals surface area contributed by atoms with Crippen LogP contribution in [0.15, 0.2) is 4.90 Å². The van der Waals surface area contributed by atoms with Crippen LogP contribution in [0.2, 0.25) is 0 Å². The minimum Gasteiger partial charge on any atom is -0.381 e. The van der Waals surface area contributed by atoms with Crippen LogP contribution in [0.25, 0.3) is 0 Å². The fourth-order valence-electron chi connectivity index (χ4n) is 2.74. The quantitative estimate of drug-likeness (QED) is 0.868. The summed E-state index contributed by atoms with van der Waals surface area (Å²) in [7, 11) is -1.91. The zero-order valence-electron chi connectivity index (χ0n) is 11.8. The minimum atomic E-state index is -3.60. The highest BCUT2D eigenvalue weighted by atomic mass is 32.2. The first-order chi connectivity index (χ1) is 8.74. The lowest BCUT2D eigenvalue weighted by Crippen LogP contribution is -2.37. The SMILES string of the molecule is Cc1c(S(=O)(=O)NC2CCC(C)C2C)c(N)nn1C. The van der Waals surface area contributed by atoms with Crippen molar-refractivity contribution < 1.29 is 8.42 Å². The van der Waals surface area contributed by atoms with E-state index in [0.29, 0.717) is 17.5 Å². The van der Waals surface area contributed by atoms with Crippen LogP contribution in [0.5, 0.6) is 0 Å². The van der Waals surface area contributed by atoms with Gasteiger partial charge in [0.25, 0.3) is 0 Å². The molecule has 1 heterocycles. The topological polar surface area (TPSA) is 90.0 Å². The molecule has 3 unspecified atom stereocenters. The third kappa shape index (κ3) is 2.49. The predicted molar refractivity (Wildman–Crippen MR) is 74.0 cm³/mol. The molecule has 0 aliphatic heterocycles. The van der Waals surface area contributed by atoms with Crippen molar-refractivity contribution in [3.8, 4) is 0 Å². The Hall–Kier alpha value is -1.08. The van der Waals surface area contributed by atoms with Gasteiger partial charge in [0, 0.05) is 13.1 Å². The standard InChI is InChI=1S/C12H22N4O2S/c1-7-5-6-10(8(7)2)15-19(17,18)11-9(3)16(4)14-12(11)13/h7-8,10,15H,5-6H2,1-4H3,(H2,13,14). The fourth-order valence-corrected chi connectivity index (χ4v) is 4.42. The number of hydrogen-bond donors (Lipinski definition) is 2. The van der Waals surface area contributed by atoms with Crippen LogP contribution in [0.1, 0.15) is 32.4 Å². The Bertz CT molecular complexity index is 579. The minimum absolute atomic E-state index is 0.0148. The van der Waals surface area contributed by atoms with Crippen molar-refractivity contribution in [2.45, 2.75) is 44.6 Å². The van der Waals surface area contributed by atoms with Crippen LogP contribution in [0.4, 0.5) is 5.82 Å². The van der Waals surface area contributed by atoms with Crippen LogP contribution in [0, 0.1) is 18.8 Å². The second kappa shape index (κ2) is 4.79. The summed E-state index contributed by atoms with van der Waals surface area (Å²) in [6.45, 7) is 5.95.